The highest BCUT2D eigenvalue weighted by Crippen LogP contribution is 2.40. The number of hydrogen-bond acceptors (Lipinski definition) is 3. The predicted octanol–water partition coefficient (Wildman–Crippen LogP) is 3.21. The molecular formula is C20H30N4O. The van der Waals surface area contributed by atoms with Crippen molar-refractivity contribution in [1.29, 1.82) is 5.26 Å². The second-order valence-electron chi connectivity index (χ2n) is 6.75. The first kappa shape index (κ1) is 19.3. The van der Waals surface area contributed by atoms with Gasteiger partial charge in [-0.25, -0.2) is 0 Å². The van der Waals surface area contributed by atoms with Crippen LogP contribution in [0.5, 0.6) is 0 Å². The van der Waals surface area contributed by atoms with Gasteiger partial charge < -0.3 is 15.4 Å². The van der Waals surface area contributed by atoms with Gasteiger partial charge in [0.15, 0.2) is 5.96 Å². The van der Waals surface area contributed by atoms with E-state index in [1.165, 1.54) is 25.7 Å². The molecule has 1 saturated carbocycles. The first-order valence-corrected chi connectivity index (χ1v) is 9.23. The van der Waals surface area contributed by atoms with E-state index >= 15 is 0 Å². The number of nitrogens with zero attached hydrogens (tertiary/aromatic N) is 2. The molecule has 0 heterocycles. The number of guanidine groups is 1. The summed E-state index contributed by atoms with van der Waals surface area (Å²) in [6.45, 7) is 5.26. The SMILES string of the molecule is CCOCCC1(CNC(=NC)NCc2cccc(C#N)c2)CCCC1. The third-order valence-electron chi connectivity index (χ3n) is 5.02. The minimum Gasteiger partial charge on any atom is -0.382 e. The molecule has 0 aromatic heterocycles. The number of nitrogens with one attached hydrogen (secondary N) is 2. The average Bonchev–Trinajstić information content (AvgIpc) is 3.11. The van der Waals surface area contributed by atoms with Gasteiger partial charge in [0.2, 0.25) is 0 Å². The quantitative estimate of drug-likeness (QED) is 0.432. The van der Waals surface area contributed by atoms with Gasteiger partial charge in [0.05, 0.1) is 11.6 Å². The van der Waals surface area contributed by atoms with Crippen molar-refractivity contribution in [2.24, 2.45) is 10.4 Å². The molecule has 0 aliphatic heterocycles. The number of aliphatic imine (C=N–C) groups is 1. The summed E-state index contributed by atoms with van der Waals surface area (Å²) in [5.74, 6) is 0.810. The van der Waals surface area contributed by atoms with Crippen molar-refractivity contribution in [3.63, 3.8) is 0 Å². The zero-order chi connectivity index (χ0) is 18.0. The molecule has 2 N–H and O–H groups in total. The molecule has 0 atom stereocenters. The topological polar surface area (TPSA) is 69.4 Å². The van der Waals surface area contributed by atoms with E-state index in [2.05, 4.69) is 21.7 Å². The third kappa shape index (κ3) is 6.06. The summed E-state index contributed by atoms with van der Waals surface area (Å²) in [7, 11) is 1.79. The molecule has 0 radical (unpaired) electrons. The first-order valence-electron chi connectivity index (χ1n) is 9.23. The number of benzene rings is 1. The monoisotopic (exact) mass is 342 g/mol. The van der Waals surface area contributed by atoms with Crippen LogP contribution in [0.25, 0.3) is 0 Å². The molecule has 1 aromatic rings. The maximum atomic E-state index is 8.99. The van der Waals surface area contributed by atoms with Crippen LogP contribution in [0.2, 0.25) is 0 Å². The lowest BCUT2D eigenvalue weighted by molar-refractivity contribution is 0.105. The minimum atomic E-state index is 0.327. The highest BCUT2D eigenvalue weighted by Gasteiger charge is 2.33. The van der Waals surface area contributed by atoms with Gasteiger partial charge in [0, 0.05) is 33.4 Å². The highest BCUT2D eigenvalue weighted by atomic mass is 16.5. The zero-order valence-electron chi connectivity index (χ0n) is 15.5. The van der Waals surface area contributed by atoms with E-state index in [9.17, 15) is 0 Å². The Hall–Kier alpha value is -2.06. The summed E-state index contributed by atoms with van der Waals surface area (Å²) >= 11 is 0. The average molecular weight is 342 g/mol. The Bertz CT molecular complexity index is 600. The molecular weight excluding hydrogens is 312 g/mol. The number of hydrogen-bond donors (Lipinski definition) is 2. The molecule has 1 aliphatic carbocycles. The van der Waals surface area contributed by atoms with E-state index in [1.54, 1.807) is 7.05 Å². The Kier molecular flexibility index (Phi) is 7.75. The van der Waals surface area contributed by atoms with Crippen molar-refractivity contribution in [3.05, 3.63) is 35.4 Å². The molecule has 1 fully saturated rings. The Morgan fingerprint density at radius 1 is 1.32 bits per heavy atom. The molecule has 2 rings (SSSR count). The van der Waals surface area contributed by atoms with Crippen LogP contribution in [0.4, 0.5) is 0 Å². The van der Waals surface area contributed by atoms with Gasteiger partial charge in [0.1, 0.15) is 0 Å². The number of ether oxygens (including phenoxy) is 1. The molecule has 25 heavy (non-hydrogen) atoms. The van der Waals surface area contributed by atoms with Crippen LogP contribution in [0.1, 0.15) is 50.2 Å². The second kappa shape index (κ2) is 10.0. The molecule has 0 unspecified atom stereocenters. The summed E-state index contributed by atoms with van der Waals surface area (Å²) in [4.78, 5) is 4.33. The van der Waals surface area contributed by atoms with Crippen molar-refractivity contribution in [2.75, 3.05) is 26.8 Å². The van der Waals surface area contributed by atoms with Crippen molar-refractivity contribution >= 4 is 5.96 Å². The van der Waals surface area contributed by atoms with E-state index in [0.717, 1.165) is 37.7 Å². The van der Waals surface area contributed by atoms with Crippen LogP contribution in [0.15, 0.2) is 29.3 Å². The molecule has 0 amide bonds. The molecule has 1 aromatic carbocycles. The molecule has 0 bridgehead atoms. The fourth-order valence-corrected chi connectivity index (χ4v) is 3.50. The summed E-state index contributed by atoms with van der Waals surface area (Å²) in [6, 6.07) is 9.82. The van der Waals surface area contributed by atoms with Crippen LogP contribution in [0, 0.1) is 16.7 Å². The molecule has 5 heteroatoms. The van der Waals surface area contributed by atoms with Crippen LogP contribution >= 0.6 is 0 Å². The standard InChI is InChI=1S/C20H30N4O/c1-3-25-12-11-20(9-4-5-10-20)16-24-19(22-2)23-15-18-8-6-7-17(13-18)14-21/h6-8,13H,3-5,9-12,15-16H2,1-2H3,(H2,22,23,24). The van der Waals surface area contributed by atoms with Gasteiger partial charge in [-0.3, -0.25) is 4.99 Å². The van der Waals surface area contributed by atoms with E-state index in [-0.39, 0.29) is 0 Å². The maximum Gasteiger partial charge on any atom is 0.191 e. The highest BCUT2D eigenvalue weighted by molar-refractivity contribution is 5.79. The van der Waals surface area contributed by atoms with E-state index in [1.807, 2.05) is 31.2 Å². The Balaban J connectivity index is 1.85. The van der Waals surface area contributed by atoms with Crippen molar-refractivity contribution < 1.29 is 4.74 Å². The van der Waals surface area contributed by atoms with Crippen molar-refractivity contribution in [1.82, 2.24) is 10.6 Å². The maximum absolute atomic E-state index is 8.99. The van der Waals surface area contributed by atoms with Gasteiger partial charge in [-0.1, -0.05) is 25.0 Å². The van der Waals surface area contributed by atoms with Crippen LogP contribution in [-0.2, 0) is 11.3 Å². The van der Waals surface area contributed by atoms with E-state index < -0.39 is 0 Å². The lowest BCUT2D eigenvalue weighted by Crippen LogP contribution is -2.43. The molecule has 0 spiro atoms. The summed E-state index contributed by atoms with van der Waals surface area (Å²) in [5, 5.41) is 15.8. The summed E-state index contributed by atoms with van der Waals surface area (Å²) in [6.07, 6.45) is 6.24. The zero-order valence-corrected chi connectivity index (χ0v) is 15.5. The van der Waals surface area contributed by atoms with Crippen molar-refractivity contribution in [2.45, 2.75) is 45.6 Å². The number of nitriles is 1. The fraction of sp³-hybridized carbons (Fsp3) is 0.600. The van der Waals surface area contributed by atoms with Crippen LogP contribution < -0.4 is 10.6 Å². The van der Waals surface area contributed by atoms with E-state index in [4.69, 9.17) is 10.00 Å². The van der Waals surface area contributed by atoms with Crippen molar-refractivity contribution in [3.8, 4) is 6.07 Å². The lowest BCUT2D eigenvalue weighted by atomic mass is 9.83. The largest absolute Gasteiger partial charge is 0.382 e. The number of rotatable bonds is 8. The Morgan fingerprint density at radius 2 is 2.12 bits per heavy atom. The summed E-state index contributed by atoms with van der Waals surface area (Å²) < 4.78 is 5.58. The van der Waals surface area contributed by atoms with Gasteiger partial charge >= 0.3 is 0 Å². The molecule has 136 valence electrons. The van der Waals surface area contributed by atoms with Gasteiger partial charge in [-0.05, 0) is 49.3 Å². The Morgan fingerprint density at radius 3 is 2.80 bits per heavy atom. The van der Waals surface area contributed by atoms with Gasteiger partial charge in [-0.15, -0.1) is 0 Å². The minimum absolute atomic E-state index is 0.327. The van der Waals surface area contributed by atoms with Crippen LogP contribution in [-0.4, -0.2) is 32.8 Å². The smallest absolute Gasteiger partial charge is 0.191 e. The molecule has 5 nitrogen and oxygen atoms in total. The predicted molar refractivity (Wildman–Crippen MR) is 101 cm³/mol. The van der Waals surface area contributed by atoms with Gasteiger partial charge in [0.25, 0.3) is 0 Å². The molecule has 0 saturated heterocycles. The van der Waals surface area contributed by atoms with E-state index in [0.29, 0.717) is 17.5 Å². The van der Waals surface area contributed by atoms with Gasteiger partial charge in [-0.2, -0.15) is 5.26 Å². The molecule has 1 aliphatic rings. The lowest BCUT2D eigenvalue weighted by Gasteiger charge is -2.30. The summed E-state index contributed by atoms with van der Waals surface area (Å²) in [5.41, 5.74) is 2.09. The normalized spacial score (nSPS) is 16.4. The fourth-order valence-electron chi connectivity index (χ4n) is 3.50. The third-order valence-corrected chi connectivity index (χ3v) is 5.02. The first-order chi connectivity index (χ1) is 12.2. The van der Waals surface area contributed by atoms with Crippen LogP contribution in [0.3, 0.4) is 0 Å². The Labute approximate surface area is 151 Å². The second-order valence-corrected chi connectivity index (χ2v) is 6.75.